The van der Waals surface area contributed by atoms with Crippen molar-refractivity contribution in [1.29, 1.82) is 0 Å². The molecule has 146 valence electrons. The molecule has 0 saturated heterocycles. The van der Waals surface area contributed by atoms with Crippen molar-refractivity contribution in [2.24, 2.45) is 11.8 Å². The summed E-state index contributed by atoms with van der Waals surface area (Å²) < 4.78 is 4.71. The van der Waals surface area contributed by atoms with E-state index in [1.807, 2.05) is 0 Å². The van der Waals surface area contributed by atoms with Crippen molar-refractivity contribution in [1.82, 2.24) is 18.7 Å². The molecule has 4 rings (SSSR count). The van der Waals surface area contributed by atoms with E-state index in [1.165, 1.54) is 43.5 Å². The van der Waals surface area contributed by atoms with Gasteiger partial charge in [0, 0.05) is 13.1 Å². The zero-order valence-corrected chi connectivity index (χ0v) is 16.0. The SMILES string of the molecule is CC(=O)Cn1cnc2c1c(=O)n(CC1CCCC1)c(=O)n2CC1CCCC1. The Hall–Kier alpha value is -2.18. The van der Waals surface area contributed by atoms with Gasteiger partial charge in [0.2, 0.25) is 0 Å². The number of rotatable bonds is 6. The first kappa shape index (κ1) is 18.2. The first-order chi connectivity index (χ1) is 13.0. The molecule has 0 atom stereocenters. The predicted octanol–water partition coefficient (Wildman–Crippen LogP) is 2.33. The second kappa shape index (κ2) is 7.44. The normalized spacial score (nSPS) is 18.7. The molecule has 0 amide bonds. The minimum Gasteiger partial charge on any atom is -0.317 e. The fourth-order valence-electron chi connectivity index (χ4n) is 4.83. The molecule has 27 heavy (non-hydrogen) atoms. The molecular weight excluding hydrogens is 344 g/mol. The Morgan fingerprint density at radius 3 is 2.11 bits per heavy atom. The van der Waals surface area contributed by atoms with Gasteiger partial charge in [-0.05, 0) is 44.4 Å². The molecule has 0 bridgehead atoms. The zero-order valence-electron chi connectivity index (χ0n) is 16.0. The number of Topliss-reactive ketones (excluding diaryl/α,β-unsaturated/α-hetero) is 1. The number of hydrogen-bond acceptors (Lipinski definition) is 4. The van der Waals surface area contributed by atoms with Crippen LogP contribution >= 0.6 is 0 Å². The smallest absolute Gasteiger partial charge is 0.317 e. The maximum absolute atomic E-state index is 13.2. The third-order valence-electron chi connectivity index (χ3n) is 6.21. The van der Waals surface area contributed by atoms with E-state index in [4.69, 9.17) is 0 Å². The second-order valence-corrected chi connectivity index (χ2v) is 8.36. The number of fused-ring (bicyclic) bond motifs is 1. The molecule has 2 aromatic heterocycles. The van der Waals surface area contributed by atoms with E-state index in [0.717, 1.165) is 25.7 Å². The van der Waals surface area contributed by atoms with E-state index in [-0.39, 0.29) is 23.6 Å². The summed E-state index contributed by atoms with van der Waals surface area (Å²) in [4.78, 5) is 42.4. The van der Waals surface area contributed by atoms with E-state index in [1.54, 1.807) is 9.13 Å². The van der Waals surface area contributed by atoms with Crippen molar-refractivity contribution in [2.75, 3.05) is 0 Å². The quantitative estimate of drug-likeness (QED) is 0.780. The van der Waals surface area contributed by atoms with Gasteiger partial charge < -0.3 is 4.57 Å². The van der Waals surface area contributed by atoms with E-state index in [2.05, 4.69) is 4.98 Å². The molecule has 7 nitrogen and oxygen atoms in total. The molecule has 0 aromatic carbocycles. The zero-order chi connectivity index (χ0) is 19.0. The lowest BCUT2D eigenvalue weighted by molar-refractivity contribution is -0.117. The number of carbonyl (C=O) groups is 1. The number of hydrogen-bond donors (Lipinski definition) is 0. The summed E-state index contributed by atoms with van der Waals surface area (Å²) in [6.07, 6.45) is 10.6. The molecule has 0 unspecified atom stereocenters. The summed E-state index contributed by atoms with van der Waals surface area (Å²) >= 11 is 0. The highest BCUT2D eigenvalue weighted by atomic mass is 16.2. The number of aromatic nitrogens is 4. The Labute approximate surface area is 158 Å². The Bertz CT molecular complexity index is 956. The average Bonchev–Trinajstić information content (AvgIpc) is 3.37. The van der Waals surface area contributed by atoms with Gasteiger partial charge in [-0.15, -0.1) is 0 Å². The van der Waals surface area contributed by atoms with E-state index < -0.39 is 0 Å². The molecule has 2 aliphatic carbocycles. The number of nitrogens with zero attached hydrogens (tertiary/aromatic N) is 4. The summed E-state index contributed by atoms with van der Waals surface area (Å²) in [5.41, 5.74) is 0.282. The molecule has 0 spiro atoms. The largest absolute Gasteiger partial charge is 0.332 e. The monoisotopic (exact) mass is 372 g/mol. The van der Waals surface area contributed by atoms with Crippen LogP contribution in [0.5, 0.6) is 0 Å². The molecule has 2 fully saturated rings. The molecule has 7 heteroatoms. The minimum absolute atomic E-state index is 0.0374. The van der Waals surface area contributed by atoms with Crippen molar-refractivity contribution in [3.63, 3.8) is 0 Å². The molecule has 2 saturated carbocycles. The molecule has 2 aliphatic rings. The lowest BCUT2D eigenvalue weighted by atomic mass is 10.1. The number of carbonyl (C=O) groups excluding carboxylic acids is 1. The lowest BCUT2D eigenvalue weighted by Crippen LogP contribution is -2.42. The molecule has 0 aliphatic heterocycles. The molecular formula is C20H28N4O3. The van der Waals surface area contributed by atoms with Crippen LogP contribution < -0.4 is 11.2 Å². The van der Waals surface area contributed by atoms with Crippen LogP contribution in [0.4, 0.5) is 0 Å². The first-order valence-electron chi connectivity index (χ1n) is 10.2. The molecule has 2 aromatic rings. The Morgan fingerprint density at radius 1 is 1.00 bits per heavy atom. The van der Waals surface area contributed by atoms with Crippen molar-refractivity contribution in [3.8, 4) is 0 Å². The van der Waals surface area contributed by atoms with Crippen LogP contribution in [0.3, 0.4) is 0 Å². The second-order valence-electron chi connectivity index (χ2n) is 8.36. The van der Waals surface area contributed by atoms with Crippen LogP contribution in [-0.4, -0.2) is 24.5 Å². The highest BCUT2D eigenvalue weighted by Crippen LogP contribution is 2.27. The maximum Gasteiger partial charge on any atom is 0.332 e. The van der Waals surface area contributed by atoms with E-state index in [0.29, 0.717) is 36.1 Å². The fraction of sp³-hybridized carbons (Fsp3) is 0.700. The van der Waals surface area contributed by atoms with Gasteiger partial charge in [0.1, 0.15) is 5.78 Å². The van der Waals surface area contributed by atoms with Crippen molar-refractivity contribution in [2.45, 2.75) is 77.9 Å². The van der Waals surface area contributed by atoms with Gasteiger partial charge in [0.25, 0.3) is 5.56 Å². The van der Waals surface area contributed by atoms with Gasteiger partial charge in [-0.3, -0.25) is 18.7 Å². The van der Waals surface area contributed by atoms with E-state index >= 15 is 0 Å². The Morgan fingerprint density at radius 2 is 1.56 bits per heavy atom. The highest BCUT2D eigenvalue weighted by molar-refractivity contribution is 5.78. The van der Waals surface area contributed by atoms with Crippen LogP contribution in [-0.2, 0) is 24.4 Å². The van der Waals surface area contributed by atoms with Gasteiger partial charge in [-0.2, -0.15) is 0 Å². The summed E-state index contributed by atoms with van der Waals surface area (Å²) in [6.45, 7) is 2.69. The third kappa shape index (κ3) is 3.51. The summed E-state index contributed by atoms with van der Waals surface area (Å²) in [7, 11) is 0. The average molecular weight is 372 g/mol. The van der Waals surface area contributed by atoms with Crippen LogP contribution in [0, 0.1) is 11.8 Å². The van der Waals surface area contributed by atoms with Gasteiger partial charge in [0.05, 0.1) is 12.9 Å². The molecule has 2 heterocycles. The van der Waals surface area contributed by atoms with Gasteiger partial charge in [-0.25, -0.2) is 9.78 Å². The summed E-state index contributed by atoms with van der Waals surface area (Å²) in [5, 5.41) is 0. The first-order valence-corrected chi connectivity index (χ1v) is 10.2. The standard InChI is InChI=1S/C20H28N4O3/c1-14(25)10-22-13-21-18-17(22)19(26)24(12-16-8-4-5-9-16)20(27)23(18)11-15-6-2-3-7-15/h13,15-16H,2-12H2,1H3. The predicted molar refractivity (Wildman–Crippen MR) is 103 cm³/mol. The molecule has 0 N–H and O–H groups in total. The maximum atomic E-state index is 13.2. The highest BCUT2D eigenvalue weighted by Gasteiger charge is 2.24. The number of imidazole rings is 1. The van der Waals surface area contributed by atoms with Gasteiger partial charge >= 0.3 is 5.69 Å². The van der Waals surface area contributed by atoms with Crippen LogP contribution in [0.15, 0.2) is 15.9 Å². The molecule has 0 radical (unpaired) electrons. The van der Waals surface area contributed by atoms with Crippen LogP contribution in [0.2, 0.25) is 0 Å². The minimum atomic E-state index is -0.302. The van der Waals surface area contributed by atoms with E-state index in [9.17, 15) is 14.4 Å². The van der Waals surface area contributed by atoms with Crippen LogP contribution in [0.25, 0.3) is 11.2 Å². The van der Waals surface area contributed by atoms with Crippen molar-refractivity contribution < 1.29 is 4.79 Å². The lowest BCUT2D eigenvalue weighted by Gasteiger charge is -2.17. The topological polar surface area (TPSA) is 78.9 Å². The number of ketones is 1. The third-order valence-corrected chi connectivity index (χ3v) is 6.21. The summed E-state index contributed by atoms with van der Waals surface area (Å²) in [6, 6.07) is 0. The van der Waals surface area contributed by atoms with Gasteiger partial charge in [0.15, 0.2) is 11.2 Å². The Balaban J connectivity index is 1.85. The Kier molecular flexibility index (Phi) is 5.02. The van der Waals surface area contributed by atoms with Crippen molar-refractivity contribution >= 4 is 16.9 Å². The fourth-order valence-corrected chi connectivity index (χ4v) is 4.83. The summed E-state index contributed by atoms with van der Waals surface area (Å²) in [5.74, 6) is 0.808. The van der Waals surface area contributed by atoms with Gasteiger partial charge in [-0.1, -0.05) is 25.7 Å². The van der Waals surface area contributed by atoms with Crippen LogP contribution in [0.1, 0.15) is 58.3 Å². The van der Waals surface area contributed by atoms with Crippen molar-refractivity contribution in [3.05, 3.63) is 27.2 Å².